The summed E-state index contributed by atoms with van der Waals surface area (Å²) in [7, 11) is 2.03. The van der Waals surface area contributed by atoms with Gasteiger partial charge < -0.3 is 5.32 Å². The van der Waals surface area contributed by atoms with Gasteiger partial charge >= 0.3 is 0 Å². The highest BCUT2D eigenvalue weighted by molar-refractivity contribution is 4.94. The van der Waals surface area contributed by atoms with E-state index in [9.17, 15) is 0 Å². The highest BCUT2D eigenvalue weighted by Gasteiger charge is 2.02. The first-order valence-corrected chi connectivity index (χ1v) is 5.43. The average Bonchev–Trinajstić information content (AvgIpc) is 2.59. The standard InChI is InChI=1S/C11H21N3/c1-4-11(12-3)6-5-8-14-9-7-10(2)13-14/h7,9,11-12H,4-6,8H2,1-3H3. The average molecular weight is 195 g/mol. The van der Waals surface area contributed by atoms with Crippen LogP contribution in [0.1, 0.15) is 31.9 Å². The van der Waals surface area contributed by atoms with Gasteiger partial charge in [0.25, 0.3) is 0 Å². The van der Waals surface area contributed by atoms with Crippen LogP contribution in [0.15, 0.2) is 12.3 Å². The summed E-state index contributed by atoms with van der Waals surface area (Å²) in [5.41, 5.74) is 1.10. The zero-order valence-electron chi connectivity index (χ0n) is 9.45. The minimum atomic E-state index is 0.659. The molecule has 14 heavy (non-hydrogen) atoms. The molecule has 0 aromatic carbocycles. The molecule has 0 aliphatic heterocycles. The summed E-state index contributed by atoms with van der Waals surface area (Å²) >= 11 is 0. The molecule has 0 saturated heterocycles. The van der Waals surface area contributed by atoms with Crippen molar-refractivity contribution in [2.24, 2.45) is 0 Å². The van der Waals surface area contributed by atoms with Crippen molar-refractivity contribution in [2.45, 2.75) is 45.7 Å². The van der Waals surface area contributed by atoms with Gasteiger partial charge in [-0.25, -0.2) is 0 Å². The molecular formula is C11H21N3. The Kier molecular flexibility index (Phi) is 4.66. The Balaban J connectivity index is 2.21. The molecule has 0 aliphatic carbocycles. The van der Waals surface area contributed by atoms with Crippen LogP contribution in [-0.4, -0.2) is 22.9 Å². The maximum Gasteiger partial charge on any atom is 0.0593 e. The first-order valence-electron chi connectivity index (χ1n) is 5.43. The second-order valence-corrected chi connectivity index (χ2v) is 3.76. The molecule has 1 unspecified atom stereocenters. The summed E-state index contributed by atoms with van der Waals surface area (Å²) in [5, 5.41) is 7.67. The van der Waals surface area contributed by atoms with Crippen molar-refractivity contribution in [3.8, 4) is 0 Å². The van der Waals surface area contributed by atoms with Gasteiger partial charge in [-0.05, 0) is 39.3 Å². The first kappa shape index (κ1) is 11.2. The lowest BCUT2D eigenvalue weighted by Crippen LogP contribution is -2.24. The first-order chi connectivity index (χ1) is 6.76. The summed E-state index contributed by atoms with van der Waals surface area (Å²) in [4.78, 5) is 0. The fourth-order valence-corrected chi connectivity index (χ4v) is 1.64. The number of hydrogen-bond donors (Lipinski definition) is 1. The van der Waals surface area contributed by atoms with Crippen LogP contribution < -0.4 is 5.32 Å². The minimum absolute atomic E-state index is 0.659. The van der Waals surface area contributed by atoms with E-state index >= 15 is 0 Å². The number of aryl methyl sites for hydroxylation is 2. The Morgan fingerprint density at radius 3 is 2.86 bits per heavy atom. The maximum atomic E-state index is 4.36. The monoisotopic (exact) mass is 195 g/mol. The lowest BCUT2D eigenvalue weighted by molar-refractivity contribution is 0.456. The Bertz CT molecular complexity index is 251. The summed E-state index contributed by atoms with van der Waals surface area (Å²) in [6.07, 6.45) is 5.68. The Morgan fingerprint density at radius 1 is 1.57 bits per heavy atom. The van der Waals surface area contributed by atoms with Crippen molar-refractivity contribution in [3.63, 3.8) is 0 Å². The molecule has 0 bridgehead atoms. The molecule has 1 aromatic heterocycles. The number of rotatable bonds is 6. The van der Waals surface area contributed by atoms with E-state index in [1.165, 1.54) is 19.3 Å². The van der Waals surface area contributed by atoms with Crippen molar-refractivity contribution in [1.82, 2.24) is 15.1 Å². The number of hydrogen-bond acceptors (Lipinski definition) is 2. The molecular weight excluding hydrogens is 174 g/mol. The van der Waals surface area contributed by atoms with Crippen LogP contribution in [0.4, 0.5) is 0 Å². The van der Waals surface area contributed by atoms with Gasteiger partial charge in [0.05, 0.1) is 5.69 Å². The van der Waals surface area contributed by atoms with E-state index in [2.05, 4.69) is 29.6 Å². The van der Waals surface area contributed by atoms with Crippen LogP contribution in [0, 0.1) is 6.92 Å². The molecule has 1 heterocycles. The molecule has 0 spiro atoms. The summed E-state index contributed by atoms with van der Waals surface area (Å²) < 4.78 is 2.03. The summed E-state index contributed by atoms with van der Waals surface area (Å²) in [6, 6.07) is 2.71. The van der Waals surface area contributed by atoms with Crippen molar-refractivity contribution in [3.05, 3.63) is 18.0 Å². The topological polar surface area (TPSA) is 29.9 Å². The van der Waals surface area contributed by atoms with E-state index in [0.717, 1.165) is 12.2 Å². The predicted molar refractivity (Wildman–Crippen MR) is 59.3 cm³/mol. The van der Waals surface area contributed by atoms with Crippen LogP contribution in [0.25, 0.3) is 0 Å². The fourth-order valence-electron chi connectivity index (χ4n) is 1.64. The lowest BCUT2D eigenvalue weighted by Gasteiger charge is -2.12. The van der Waals surface area contributed by atoms with Gasteiger partial charge in [0.1, 0.15) is 0 Å². The summed E-state index contributed by atoms with van der Waals surface area (Å²) in [6.45, 7) is 5.28. The van der Waals surface area contributed by atoms with Gasteiger partial charge in [-0.2, -0.15) is 5.10 Å². The van der Waals surface area contributed by atoms with Crippen LogP contribution >= 0.6 is 0 Å². The second kappa shape index (κ2) is 5.81. The van der Waals surface area contributed by atoms with Gasteiger partial charge in [0.2, 0.25) is 0 Å². The van der Waals surface area contributed by atoms with E-state index in [1.54, 1.807) is 0 Å². The fraction of sp³-hybridized carbons (Fsp3) is 0.727. The molecule has 80 valence electrons. The van der Waals surface area contributed by atoms with E-state index in [-0.39, 0.29) is 0 Å². The second-order valence-electron chi connectivity index (χ2n) is 3.76. The highest BCUT2D eigenvalue weighted by Crippen LogP contribution is 2.03. The highest BCUT2D eigenvalue weighted by atomic mass is 15.3. The van der Waals surface area contributed by atoms with Gasteiger partial charge in [0, 0.05) is 18.8 Å². The number of nitrogens with zero attached hydrogens (tertiary/aromatic N) is 2. The van der Waals surface area contributed by atoms with Gasteiger partial charge in [0.15, 0.2) is 0 Å². The Labute approximate surface area is 86.5 Å². The normalized spacial score (nSPS) is 13.1. The maximum absolute atomic E-state index is 4.36. The zero-order chi connectivity index (χ0) is 10.4. The van der Waals surface area contributed by atoms with Crippen LogP contribution in [-0.2, 0) is 6.54 Å². The molecule has 0 aliphatic rings. The SMILES string of the molecule is CCC(CCCn1ccc(C)n1)NC. The third kappa shape index (κ3) is 3.50. The van der Waals surface area contributed by atoms with Crippen molar-refractivity contribution in [2.75, 3.05) is 7.05 Å². The van der Waals surface area contributed by atoms with Crippen LogP contribution in [0.5, 0.6) is 0 Å². The van der Waals surface area contributed by atoms with E-state index < -0.39 is 0 Å². The smallest absolute Gasteiger partial charge is 0.0593 e. The minimum Gasteiger partial charge on any atom is -0.317 e. The van der Waals surface area contributed by atoms with Crippen molar-refractivity contribution < 1.29 is 0 Å². The van der Waals surface area contributed by atoms with Crippen LogP contribution in [0.3, 0.4) is 0 Å². The van der Waals surface area contributed by atoms with Gasteiger partial charge in [-0.15, -0.1) is 0 Å². The molecule has 0 amide bonds. The summed E-state index contributed by atoms with van der Waals surface area (Å²) in [5.74, 6) is 0. The van der Waals surface area contributed by atoms with Crippen LogP contribution in [0.2, 0.25) is 0 Å². The van der Waals surface area contributed by atoms with E-state index in [1.807, 2.05) is 18.7 Å². The molecule has 1 aromatic rings. The molecule has 0 radical (unpaired) electrons. The van der Waals surface area contributed by atoms with E-state index in [0.29, 0.717) is 6.04 Å². The van der Waals surface area contributed by atoms with Gasteiger partial charge in [-0.3, -0.25) is 4.68 Å². The Hall–Kier alpha value is -0.830. The molecule has 1 N–H and O–H groups in total. The molecule has 3 heteroatoms. The quantitative estimate of drug-likeness (QED) is 0.752. The lowest BCUT2D eigenvalue weighted by atomic mass is 10.1. The largest absolute Gasteiger partial charge is 0.317 e. The predicted octanol–water partition coefficient (Wildman–Crippen LogP) is 1.97. The molecule has 0 saturated carbocycles. The van der Waals surface area contributed by atoms with Crippen molar-refractivity contribution in [1.29, 1.82) is 0 Å². The molecule has 0 fully saturated rings. The van der Waals surface area contributed by atoms with E-state index in [4.69, 9.17) is 0 Å². The molecule has 3 nitrogen and oxygen atoms in total. The van der Waals surface area contributed by atoms with Crippen molar-refractivity contribution >= 4 is 0 Å². The molecule has 1 atom stereocenters. The number of aromatic nitrogens is 2. The molecule has 1 rings (SSSR count). The number of nitrogens with one attached hydrogen (secondary N) is 1. The Morgan fingerprint density at radius 2 is 2.36 bits per heavy atom. The zero-order valence-corrected chi connectivity index (χ0v) is 9.45. The third-order valence-corrected chi connectivity index (χ3v) is 2.61. The third-order valence-electron chi connectivity index (χ3n) is 2.61. The van der Waals surface area contributed by atoms with Gasteiger partial charge in [-0.1, -0.05) is 6.92 Å².